The molecule has 26 heavy (non-hydrogen) atoms. The van der Waals surface area contributed by atoms with E-state index in [1.165, 1.54) is 5.57 Å². The molecule has 1 aromatic rings. The average Bonchev–Trinajstić information content (AvgIpc) is 3.15. The molecular weight excluding hydrogens is 326 g/mol. The molecule has 2 aliphatic rings. The van der Waals surface area contributed by atoms with Crippen LogP contribution in [-0.2, 0) is 0 Å². The molecule has 138 valence electrons. The van der Waals surface area contributed by atoms with Gasteiger partial charge in [-0.05, 0) is 55.0 Å². The summed E-state index contributed by atoms with van der Waals surface area (Å²) in [4.78, 5) is 2.78. The molecule has 5 heteroatoms. The van der Waals surface area contributed by atoms with Gasteiger partial charge in [-0.3, -0.25) is 0 Å². The fourth-order valence-corrected chi connectivity index (χ4v) is 4.35. The zero-order valence-corrected chi connectivity index (χ0v) is 15.0. The molecule has 0 bridgehead atoms. The van der Waals surface area contributed by atoms with Gasteiger partial charge in [0, 0.05) is 23.1 Å². The van der Waals surface area contributed by atoms with Gasteiger partial charge in [0.2, 0.25) is 0 Å². The van der Waals surface area contributed by atoms with E-state index >= 15 is 0 Å². The highest BCUT2D eigenvalue weighted by Gasteiger charge is 2.42. The molecule has 2 N–H and O–H groups in total. The number of azide groups is 1. The van der Waals surface area contributed by atoms with E-state index in [0.717, 1.165) is 44.1 Å². The monoisotopic (exact) mass is 353 g/mol. The number of nitrogens with zero attached hydrogens (tertiary/aromatic N) is 3. The van der Waals surface area contributed by atoms with Crippen molar-refractivity contribution in [3.05, 3.63) is 58.0 Å². The van der Waals surface area contributed by atoms with Crippen molar-refractivity contribution in [3.63, 3.8) is 0 Å². The van der Waals surface area contributed by atoms with Crippen LogP contribution in [0.3, 0.4) is 0 Å². The molecule has 0 aliphatic heterocycles. The quantitative estimate of drug-likeness (QED) is 0.223. The second-order valence-corrected chi connectivity index (χ2v) is 7.42. The molecule has 1 fully saturated rings. The topological polar surface area (TPSA) is 89.2 Å². The maximum absolute atomic E-state index is 10.5. The molecule has 0 spiro atoms. The highest BCUT2D eigenvalue weighted by Crippen LogP contribution is 2.48. The highest BCUT2D eigenvalue weighted by molar-refractivity contribution is 5.53. The Balaban J connectivity index is 1.61. The zero-order valence-electron chi connectivity index (χ0n) is 15.0. The molecule has 1 aromatic carbocycles. The van der Waals surface area contributed by atoms with E-state index in [-0.39, 0.29) is 18.6 Å². The standard InChI is InChI=1S/C21H27N3O2/c22-24-23-18-8-5-15(6-9-18)7-10-19-20-13-16(4-2-1-3-11-25)12-17(20)14-21(19)26/h5-10,13,17,19-21,25-26H,1-4,11-12,14H2/b10-7+/t17?,19-,20?,21-/m1/s1. The summed E-state index contributed by atoms with van der Waals surface area (Å²) in [6.45, 7) is 0.285. The fourth-order valence-electron chi connectivity index (χ4n) is 4.35. The second kappa shape index (κ2) is 9.04. The maximum atomic E-state index is 10.5. The first-order valence-electron chi connectivity index (χ1n) is 9.53. The minimum Gasteiger partial charge on any atom is -0.396 e. The lowest BCUT2D eigenvalue weighted by molar-refractivity contribution is 0.145. The Morgan fingerprint density at radius 1 is 1.19 bits per heavy atom. The van der Waals surface area contributed by atoms with E-state index < -0.39 is 0 Å². The van der Waals surface area contributed by atoms with Crippen molar-refractivity contribution in [2.45, 2.75) is 44.6 Å². The van der Waals surface area contributed by atoms with Gasteiger partial charge >= 0.3 is 0 Å². The van der Waals surface area contributed by atoms with Gasteiger partial charge in [-0.25, -0.2) is 0 Å². The summed E-state index contributed by atoms with van der Waals surface area (Å²) in [6.07, 6.45) is 12.6. The molecule has 2 aliphatic carbocycles. The predicted molar refractivity (Wildman–Crippen MR) is 104 cm³/mol. The third kappa shape index (κ3) is 4.55. The van der Waals surface area contributed by atoms with Crippen LogP contribution in [0.5, 0.6) is 0 Å². The largest absolute Gasteiger partial charge is 0.396 e. The molecule has 0 heterocycles. The van der Waals surface area contributed by atoms with Crippen molar-refractivity contribution in [1.29, 1.82) is 0 Å². The second-order valence-electron chi connectivity index (χ2n) is 7.42. The number of hydrogen-bond acceptors (Lipinski definition) is 3. The van der Waals surface area contributed by atoms with Crippen LogP contribution in [0.2, 0.25) is 0 Å². The van der Waals surface area contributed by atoms with Gasteiger partial charge in [0.1, 0.15) is 0 Å². The number of benzene rings is 1. The van der Waals surface area contributed by atoms with Crippen LogP contribution in [0.15, 0.2) is 47.1 Å². The van der Waals surface area contributed by atoms with Gasteiger partial charge in [-0.15, -0.1) is 0 Å². The molecule has 3 rings (SSSR count). The molecule has 0 aromatic heterocycles. The van der Waals surface area contributed by atoms with Crippen LogP contribution in [0.4, 0.5) is 5.69 Å². The van der Waals surface area contributed by atoms with Crippen LogP contribution in [-0.4, -0.2) is 22.9 Å². The Kier molecular flexibility index (Phi) is 6.51. The Bertz CT molecular complexity index is 704. The SMILES string of the molecule is [N-]=[N+]=Nc1ccc(/C=C/[C@@H]2C3C=C(CCCCCO)CC3C[C@H]2O)cc1. The van der Waals surface area contributed by atoms with Crippen molar-refractivity contribution in [3.8, 4) is 0 Å². The summed E-state index contributed by atoms with van der Waals surface area (Å²) < 4.78 is 0. The van der Waals surface area contributed by atoms with Gasteiger partial charge < -0.3 is 10.2 Å². The smallest absolute Gasteiger partial charge is 0.0611 e. The molecule has 1 saturated carbocycles. The first kappa shape index (κ1) is 18.7. The first-order valence-corrected chi connectivity index (χ1v) is 9.53. The number of aliphatic hydroxyl groups is 2. The number of hydrogen-bond donors (Lipinski definition) is 2. The average molecular weight is 353 g/mol. The molecule has 0 saturated heterocycles. The first-order chi connectivity index (χ1) is 12.7. The van der Waals surface area contributed by atoms with Crippen LogP contribution >= 0.6 is 0 Å². The number of fused-ring (bicyclic) bond motifs is 1. The van der Waals surface area contributed by atoms with Crippen LogP contribution in [0.1, 0.15) is 44.1 Å². The van der Waals surface area contributed by atoms with Crippen molar-refractivity contribution >= 4 is 11.8 Å². The number of rotatable bonds is 8. The van der Waals surface area contributed by atoms with E-state index in [1.54, 1.807) is 12.1 Å². The van der Waals surface area contributed by atoms with Gasteiger partial charge in [-0.2, -0.15) is 0 Å². The van der Waals surface area contributed by atoms with Gasteiger partial charge in [0.25, 0.3) is 0 Å². The van der Waals surface area contributed by atoms with E-state index in [2.05, 4.69) is 28.3 Å². The summed E-state index contributed by atoms with van der Waals surface area (Å²) in [6, 6.07) is 7.45. The van der Waals surface area contributed by atoms with Crippen molar-refractivity contribution < 1.29 is 10.2 Å². The minimum atomic E-state index is -0.268. The van der Waals surface area contributed by atoms with Crippen molar-refractivity contribution in [2.24, 2.45) is 22.9 Å². The maximum Gasteiger partial charge on any atom is 0.0611 e. The van der Waals surface area contributed by atoms with Crippen LogP contribution in [0.25, 0.3) is 16.5 Å². The van der Waals surface area contributed by atoms with Crippen LogP contribution < -0.4 is 0 Å². The van der Waals surface area contributed by atoms with E-state index in [0.29, 0.717) is 17.5 Å². The summed E-state index contributed by atoms with van der Waals surface area (Å²) >= 11 is 0. The Hall–Kier alpha value is -2.07. The Labute approximate surface area is 154 Å². The summed E-state index contributed by atoms with van der Waals surface area (Å²) in [7, 11) is 0. The molecular formula is C21H27N3O2. The lowest BCUT2D eigenvalue weighted by atomic mass is 9.91. The van der Waals surface area contributed by atoms with Gasteiger partial charge in [0.05, 0.1) is 6.10 Å². The molecule has 4 atom stereocenters. The lowest BCUT2D eigenvalue weighted by Gasteiger charge is -2.15. The van der Waals surface area contributed by atoms with E-state index in [9.17, 15) is 5.11 Å². The highest BCUT2D eigenvalue weighted by atomic mass is 16.3. The minimum absolute atomic E-state index is 0.173. The summed E-state index contributed by atoms with van der Waals surface area (Å²) in [5, 5.41) is 22.9. The van der Waals surface area contributed by atoms with Gasteiger partial charge in [0.15, 0.2) is 0 Å². The normalized spacial score (nSPS) is 27.4. The van der Waals surface area contributed by atoms with Crippen molar-refractivity contribution in [1.82, 2.24) is 0 Å². The summed E-state index contributed by atoms with van der Waals surface area (Å²) in [5.74, 6) is 1.18. The number of allylic oxidation sites excluding steroid dienone is 2. The van der Waals surface area contributed by atoms with Crippen LogP contribution in [0, 0.1) is 17.8 Å². The third-order valence-electron chi connectivity index (χ3n) is 5.65. The number of aliphatic hydroxyl groups excluding tert-OH is 2. The molecule has 0 radical (unpaired) electrons. The van der Waals surface area contributed by atoms with Crippen molar-refractivity contribution in [2.75, 3.05) is 6.61 Å². The Morgan fingerprint density at radius 2 is 2.00 bits per heavy atom. The van der Waals surface area contributed by atoms with E-state index in [4.69, 9.17) is 10.6 Å². The zero-order chi connectivity index (χ0) is 18.4. The lowest BCUT2D eigenvalue weighted by Crippen LogP contribution is -2.15. The Morgan fingerprint density at radius 3 is 2.73 bits per heavy atom. The van der Waals surface area contributed by atoms with Gasteiger partial charge in [-0.1, -0.05) is 59.6 Å². The predicted octanol–water partition coefficient (Wildman–Crippen LogP) is 5.14. The number of unbranched alkanes of at least 4 members (excludes halogenated alkanes) is 2. The molecule has 0 amide bonds. The third-order valence-corrected chi connectivity index (χ3v) is 5.65. The molecule has 2 unspecified atom stereocenters. The fraction of sp³-hybridized carbons (Fsp3) is 0.524. The summed E-state index contributed by atoms with van der Waals surface area (Å²) in [5.41, 5.74) is 11.6. The molecule has 5 nitrogen and oxygen atoms in total. The van der Waals surface area contributed by atoms with E-state index in [1.807, 2.05) is 12.1 Å².